The molecule has 0 bridgehead atoms. The molecule has 0 radical (unpaired) electrons. The van der Waals surface area contributed by atoms with Gasteiger partial charge in [-0.15, -0.1) is 11.3 Å². The topological polar surface area (TPSA) is 53.1 Å². The summed E-state index contributed by atoms with van der Waals surface area (Å²) in [4.78, 5) is 32.4. The molecule has 6 nitrogen and oxygen atoms in total. The molecule has 136 valence electrons. The number of carbonyl (C=O) groups is 2. The molecule has 3 aliphatic rings. The Kier molecular flexibility index (Phi) is 5.05. The van der Waals surface area contributed by atoms with Crippen LogP contribution in [0.15, 0.2) is 11.4 Å². The van der Waals surface area contributed by atoms with Gasteiger partial charge in [0.25, 0.3) is 5.91 Å². The summed E-state index contributed by atoms with van der Waals surface area (Å²) in [7, 11) is 0. The molecule has 4 heterocycles. The van der Waals surface area contributed by atoms with Gasteiger partial charge in [0.1, 0.15) is 6.10 Å². The first-order valence-electron chi connectivity index (χ1n) is 9.16. The number of amides is 2. The van der Waals surface area contributed by atoms with Crippen LogP contribution in [0.25, 0.3) is 0 Å². The molecule has 1 atom stereocenters. The quantitative estimate of drug-likeness (QED) is 0.803. The molecule has 4 rings (SSSR count). The number of carbonyl (C=O) groups excluding carboxylic acids is 2. The van der Waals surface area contributed by atoms with Gasteiger partial charge in [-0.25, -0.2) is 0 Å². The van der Waals surface area contributed by atoms with Gasteiger partial charge < -0.3 is 14.5 Å². The van der Waals surface area contributed by atoms with Crippen molar-refractivity contribution in [1.82, 2.24) is 14.7 Å². The molecule has 0 N–H and O–H groups in total. The van der Waals surface area contributed by atoms with Crippen LogP contribution in [0.4, 0.5) is 0 Å². The minimum Gasteiger partial charge on any atom is -0.368 e. The zero-order valence-electron chi connectivity index (χ0n) is 14.5. The highest BCUT2D eigenvalue weighted by Gasteiger charge is 2.31. The number of piperazine rings is 1. The van der Waals surface area contributed by atoms with Gasteiger partial charge in [-0.2, -0.15) is 0 Å². The summed E-state index contributed by atoms with van der Waals surface area (Å²) in [6, 6.07) is 2.13. The number of nitrogens with zero attached hydrogens (tertiary/aromatic N) is 3. The molecule has 1 unspecified atom stereocenters. The second kappa shape index (κ2) is 7.43. The number of fused-ring (bicyclic) bond motifs is 1. The zero-order chi connectivity index (χ0) is 17.2. The number of rotatable bonds is 3. The number of ether oxygens (including phenoxy) is 1. The van der Waals surface area contributed by atoms with Crippen LogP contribution in [-0.2, 0) is 27.3 Å². The van der Waals surface area contributed by atoms with Gasteiger partial charge in [0.2, 0.25) is 5.91 Å². The lowest BCUT2D eigenvalue weighted by molar-refractivity contribution is -0.143. The van der Waals surface area contributed by atoms with Crippen LogP contribution in [0, 0.1) is 0 Å². The van der Waals surface area contributed by atoms with Gasteiger partial charge in [0.05, 0.1) is 6.54 Å². The third kappa shape index (κ3) is 3.73. The molecule has 2 fully saturated rings. The van der Waals surface area contributed by atoms with E-state index in [1.54, 1.807) is 11.3 Å². The molecular formula is C18H25N3O3S. The van der Waals surface area contributed by atoms with Crippen molar-refractivity contribution in [2.75, 3.05) is 45.9 Å². The van der Waals surface area contributed by atoms with E-state index >= 15 is 0 Å². The van der Waals surface area contributed by atoms with E-state index in [4.69, 9.17) is 4.74 Å². The molecule has 1 aromatic heterocycles. The molecular weight excluding hydrogens is 338 g/mol. The Morgan fingerprint density at radius 1 is 1.16 bits per heavy atom. The lowest BCUT2D eigenvalue weighted by Crippen LogP contribution is -2.53. The van der Waals surface area contributed by atoms with Crippen LogP contribution in [-0.4, -0.2) is 78.5 Å². The largest absolute Gasteiger partial charge is 0.368 e. The van der Waals surface area contributed by atoms with Crippen LogP contribution < -0.4 is 0 Å². The van der Waals surface area contributed by atoms with Gasteiger partial charge in [0.15, 0.2) is 0 Å². The highest BCUT2D eigenvalue weighted by molar-refractivity contribution is 7.10. The van der Waals surface area contributed by atoms with E-state index in [9.17, 15) is 9.59 Å². The second-order valence-corrected chi connectivity index (χ2v) is 8.04. The maximum absolute atomic E-state index is 12.6. The van der Waals surface area contributed by atoms with Crippen LogP contribution >= 0.6 is 11.3 Å². The first-order valence-corrected chi connectivity index (χ1v) is 10.0. The highest BCUT2D eigenvalue weighted by Crippen LogP contribution is 2.24. The van der Waals surface area contributed by atoms with Crippen molar-refractivity contribution in [3.05, 3.63) is 21.9 Å². The first-order chi connectivity index (χ1) is 12.2. The van der Waals surface area contributed by atoms with Crippen LogP contribution in [0.3, 0.4) is 0 Å². The molecule has 2 amide bonds. The van der Waals surface area contributed by atoms with Gasteiger partial charge in [-0.05, 0) is 36.3 Å². The van der Waals surface area contributed by atoms with Crippen LogP contribution in [0.1, 0.15) is 23.3 Å². The lowest BCUT2D eigenvalue weighted by Gasteiger charge is -2.36. The van der Waals surface area contributed by atoms with Gasteiger partial charge in [0, 0.05) is 50.8 Å². The van der Waals surface area contributed by atoms with Crippen molar-refractivity contribution in [2.24, 2.45) is 0 Å². The van der Waals surface area contributed by atoms with E-state index in [0.717, 1.165) is 45.4 Å². The Bertz CT molecular complexity index is 633. The molecule has 0 saturated carbocycles. The number of hydrogen-bond donors (Lipinski definition) is 0. The van der Waals surface area contributed by atoms with E-state index in [-0.39, 0.29) is 17.9 Å². The minimum absolute atomic E-state index is 0.129. The smallest absolute Gasteiger partial charge is 0.251 e. The van der Waals surface area contributed by atoms with E-state index in [2.05, 4.69) is 16.3 Å². The fraction of sp³-hybridized carbons (Fsp3) is 0.667. The van der Waals surface area contributed by atoms with E-state index < -0.39 is 0 Å². The maximum Gasteiger partial charge on any atom is 0.251 e. The average molecular weight is 363 g/mol. The van der Waals surface area contributed by atoms with Crippen molar-refractivity contribution in [2.45, 2.75) is 31.9 Å². The second-order valence-electron chi connectivity index (χ2n) is 7.04. The third-order valence-electron chi connectivity index (χ3n) is 5.41. The molecule has 7 heteroatoms. The molecule has 3 aliphatic heterocycles. The fourth-order valence-electron chi connectivity index (χ4n) is 3.86. The summed E-state index contributed by atoms with van der Waals surface area (Å²) in [5, 5.41) is 2.11. The highest BCUT2D eigenvalue weighted by atomic mass is 32.1. The minimum atomic E-state index is -0.235. The molecule has 0 aromatic carbocycles. The Hall–Kier alpha value is -1.44. The maximum atomic E-state index is 12.6. The van der Waals surface area contributed by atoms with E-state index in [0.29, 0.717) is 26.2 Å². The summed E-state index contributed by atoms with van der Waals surface area (Å²) in [5.41, 5.74) is 1.30. The fourth-order valence-corrected chi connectivity index (χ4v) is 4.74. The zero-order valence-corrected chi connectivity index (χ0v) is 15.3. The summed E-state index contributed by atoms with van der Waals surface area (Å²) < 4.78 is 5.50. The van der Waals surface area contributed by atoms with Crippen molar-refractivity contribution in [3.63, 3.8) is 0 Å². The Morgan fingerprint density at radius 3 is 2.76 bits per heavy atom. The number of thiophene rings is 1. The predicted octanol–water partition coefficient (Wildman–Crippen LogP) is 0.956. The van der Waals surface area contributed by atoms with Gasteiger partial charge in [-0.1, -0.05) is 0 Å². The number of hydrogen-bond acceptors (Lipinski definition) is 5. The third-order valence-corrected chi connectivity index (χ3v) is 6.43. The van der Waals surface area contributed by atoms with E-state index in [1.807, 2.05) is 9.80 Å². The summed E-state index contributed by atoms with van der Waals surface area (Å²) in [5.74, 6) is 0.334. The average Bonchev–Trinajstić information content (AvgIpc) is 3.32. The van der Waals surface area contributed by atoms with Gasteiger partial charge in [-0.3, -0.25) is 14.5 Å². The van der Waals surface area contributed by atoms with Crippen molar-refractivity contribution in [3.8, 4) is 0 Å². The first kappa shape index (κ1) is 17.0. The molecule has 25 heavy (non-hydrogen) atoms. The standard InChI is InChI=1S/C18H25N3O3S/c22-17(21-5-3-16-14(12-21)4-11-25-16)13-19-6-8-20(9-7-19)18(23)15-2-1-10-24-15/h4,11,15H,1-3,5-10,12-13H2. The molecule has 2 saturated heterocycles. The summed E-state index contributed by atoms with van der Waals surface area (Å²) >= 11 is 1.79. The van der Waals surface area contributed by atoms with Crippen molar-refractivity contribution >= 4 is 23.2 Å². The summed E-state index contributed by atoms with van der Waals surface area (Å²) in [6.07, 6.45) is 2.56. The normalized spacial score (nSPS) is 24.4. The predicted molar refractivity (Wildman–Crippen MR) is 95.4 cm³/mol. The molecule has 1 aromatic rings. The Morgan fingerprint density at radius 2 is 2.00 bits per heavy atom. The van der Waals surface area contributed by atoms with Crippen molar-refractivity contribution in [1.29, 1.82) is 0 Å². The van der Waals surface area contributed by atoms with Crippen LogP contribution in [0.5, 0.6) is 0 Å². The molecule has 0 aliphatic carbocycles. The molecule has 0 spiro atoms. The Balaban J connectivity index is 1.24. The summed E-state index contributed by atoms with van der Waals surface area (Å²) in [6.45, 7) is 5.65. The van der Waals surface area contributed by atoms with Crippen molar-refractivity contribution < 1.29 is 14.3 Å². The Labute approximate surface area is 152 Å². The van der Waals surface area contributed by atoms with Crippen LogP contribution in [0.2, 0.25) is 0 Å². The SMILES string of the molecule is O=C(CN1CCN(C(=O)C2CCCO2)CC1)N1CCc2sccc2C1. The van der Waals surface area contributed by atoms with E-state index in [1.165, 1.54) is 10.4 Å². The lowest BCUT2D eigenvalue weighted by atomic mass is 10.1. The van der Waals surface area contributed by atoms with Gasteiger partial charge >= 0.3 is 0 Å². The monoisotopic (exact) mass is 363 g/mol.